The maximum atomic E-state index is 5.08. The molecule has 1 aliphatic rings. The summed E-state index contributed by atoms with van der Waals surface area (Å²) >= 11 is 0. The van der Waals surface area contributed by atoms with Crippen molar-refractivity contribution in [3.05, 3.63) is 24.3 Å². The van der Waals surface area contributed by atoms with Crippen molar-refractivity contribution in [2.45, 2.75) is 45.2 Å². The van der Waals surface area contributed by atoms with Crippen molar-refractivity contribution in [2.24, 2.45) is 0 Å². The molecule has 2 heterocycles. The number of imidazole rings is 1. The number of hydrogen-bond acceptors (Lipinski definition) is 4. The van der Waals surface area contributed by atoms with Gasteiger partial charge in [-0.2, -0.15) is 5.10 Å². The maximum Gasteiger partial charge on any atom is 0.208 e. The van der Waals surface area contributed by atoms with Crippen LogP contribution in [0.5, 0.6) is 0 Å². The highest BCUT2D eigenvalue weighted by Gasteiger charge is 2.18. The van der Waals surface area contributed by atoms with Crippen LogP contribution in [-0.4, -0.2) is 39.1 Å². The zero-order valence-electron chi connectivity index (χ0n) is 12.7. The first kappa shape index (κ1) is 14.1. The van der Waals surface area contributed by atoms with E-state index in [4.69, 9.17) is 4.74 Å². The Balaban J connectivity index is 1.78. The van der Waals surface area contributed by atoms with Crippen LogP contribution in [0, 0.1) is 6.92 Å². The molecule has 0 spiro atoms. The predicted octanol–water partition coefficient (Wildman–Crippen LogP) is 2.38. The number of hydrogen-bond donors (Lipinski definition) is 1. The van der Waals surface area contributed by atoms with Gasteiger partial charge in [0.25, 0.3) is 0 Å². The summed E-state index contributed by atoms with van der Waals surface area (Å²) in [6.07, 6.45) is 11.0. The standard InChI is InChI=1S/C15H23N5O/c1-12-10-20(14-9-16-19(11-14)7-8-21-2)15(17-12)18-13-5-3-4-6-13/h9-11,13H,3-8H2,1-2H3,(H,17,18). The molecular weight excluding hydrogens is 266 g/mol. The average Bonchev–Trinajstić information content (AvgIpc) is 3.18. The normalized spacial score (nSPS) is 15.7. The highest BCUT2D eigenvalue weighted by Crippen LogP contribution is 2.23. The molecule has 0 aliphatic heterocycles. The van der Waals surface area contributed by atoms with Gasteiger partial charge in [-0.25, -0.2) is 4.98 Å². The van der Waals surface area contributed by atoms with Crippen LogP contribution in [0.1, 0.15) is 31.4 Å². The van der Waals surface area contributed by atoms with Crippen LogP contribution in [0.3, 0.4) is 0 Å². The Labute approximate surface area is 125 Å². The molecule has 0 radical (unpaired) electrons. The van der Waals surface area contributed by atoms with E-state index in [1.807, 2.05) is 24.0 Å². The van der Waals surface area contributed by atoms with E-state index in [2.05, 4.69) is 26.2 Å². The van der Waals surface area contributed by atoms with Crippen molar-refractivity contribution < 1.29 is 4.74 Å². The third-order valence-corrected chi connectivity index (χ3v) is 3.94. The van der Waals surface area contributed by atoms with Crippen LogP contribution >= 0.6 is 0 Å². The summed E-state index contributed by atoms with van der Waals surface area (Å²) in [5.74, 6) is 0.922. The van der Waals surface area contributed by atoms with E-state index in [9.17, 15) is 0 Å². The molecule has 1 saturated carbocycles. The van der Waals surface area contributed by atoms with Gasteiger partial charge in [0.05, 0.1) is 30.7 Å². The second kappa shape index (κ2) is 6.30. The predicted molar refractivity (Wildman–Crippen MR) is 81.8 cm³/mol. The zero-order valence-corrected chi connectivity index (χ0v) is 12.7. The molecule has 1 fully saturated rings. The highest BCUT2D eigenvalue weighted by atomic mass is 16.5. The van der Waals surface area contributed by atoms with Gasteiger partial charge in [0.2, 0.25) is 5.95 Å². The van der Waals surface area contributed by atoms with Gasteiger partial charge in [-0.3, -0.25) is 9.25 Å². The molecule has 0 saturated heterocycles. The van der Waals surface area contributed by atoms with Crippen molar-refractivity contribution in [2.75, 3.05) is 19.0 Å². The number of aromatic nitrogens is 4. The fourth-order valence-corrected chi connectivity index (χ4v) is 2.83. The number of anilines is 1. The molecule has 114 valence electrons. The molecular formula is C15H23N5O. The van der Waals surface area contributed by atoms with Crippen LogP contribution in [-0.2, 0) is 11.3 Å². The highest BCUT2D eigenvalue weighted by molar-refractivity contribution is 5.41. The van der Waals surface area contributed by atoms with Crippen molar-refractivity contribution in [1.29, 1.82) is 0 Å². The van der Waals surface area contributed by atoms with Gasteiger partial charge in [-0.05, 0) is 19.8 Å². The van der Waals surface area contributed by atoms with Crippen molar-refractivity contribution in [3.63, 3.8) is 0 Å². The summed E-state index contributed by atoms with van der Waals surface area (Å²) in [5, 5.41) is 7.94. The van der Waals surface area contributed by atoms with Gasteiger partial charge < -0.3 is 10.1 Å². The summed E-state index contributed by atoms with van der Waals surface area (Å²) in [6, 6.07) is 0.550. The van der Waals surface area contributed by atoms with E-state index < -0.39 is 0 Å². The summed E-state index contributed by atoms with van der Waals surface area (Å²) in [6.45, 7) is 3.44. The second-order valence-corrected chi connectivity index (χ2v) is 5.66. The van der Waals surface area contributed by atoms with E-state index in [0.717, 1.165) is 23.9 Å². The largest absolute Gasteiger partial charge is 0.383 e. The van der Waals surface area contributed by atoms with E-state index in [0.29, 0.717) is 12.6 Å². The fraction of sp³-hybridized carbons (Fsp3) is 0.600. The lowest BCUT2D eigenvalue weighted by molar-refractivity contribution is 0.183. The molecule has 6 heteroatoms. The van der Waals surface area contributed by atoms with Crippen LogP contribution in [0.4, 0.5) is 5.95 Å². The lowest BCUT2D eigenvalue weighted by Gasteiger charge is -2.13. The van der Waals surface area contributed by atoms with Gasteiger partial charge in [0.15, 0.2) is 0 Å². The van der Waals surface area contributed by atoms with Gasteiger partial charge in [-0.15, -0.1) is 0 Å². The molecule has 1 N–H and O–H groups in total. The smallest absolute Gasteiger partial charge is 0.208 e. The number of ether oxygens (including phenoxy) is 1. The quantitative estimate of drug-likeness (QED) is 0.887. The summed E-state index contributed by atoms with van der Waals surface area (Å²) in [4.78, 5) is 4.61. The molecule has 0 amide bonds. The van der Waals surface area contributed by atoms with E-state index in [-0.39, 0.29) is 0 Å². The summed E-state index contributed by atoms with van der Waals surface area (Å²) < 4.78 is 9.07. The van der Waals surface area contributed by atoms with Gasteiger partial charge in [0.1, 0.15) is 0 Å². The van der Waals surface area contributed by atoms with Crippen LogP contribution < -0.4 is 5.32 Å². The minimum atomic E-state index is 0.550. The summed E-state index contributed by atoms with van der Waals surface area (Å²) in [5.41, 5.74) is 2.05. The molecule has 6 nitrogen and oxygen atoms in total. The fourth-order valence-electron chi connectivity index (χ4n) is 2.83. The molecule has 3 rings (SSSR count). The van der Waals surface area contributed by atoms with E-state index in [1.54, 1.807) is 7.11 Å². The Morgan fingerprint density at radius 2 is 2.14 bits per heavy atom. The topological polar surface area (TPSA) is 56.9 Å². The number of rotatable bonds is 6. The Hall–Kier alpha value is -1.82. The molecule has 21 heavy (non-hydrogen) atoms. The average molecular weight is 289 g/mol. The molecule has 0 unspecified atom stereocenters. The molecule has 0 atom stereocenters. The maximum absolute atomic E-state index is 5.08. The first-order valence-corrected chi connectivity index (χ1v) is 7.60. The van der Waals surface area contributed by atoms with Crippen LogP contribution in [0.15, 0.2) is 18.6 Å². The lowest BCUT2D eigenvalue weighted by atomic mass is 10.2. The first-order valence-electron chi connectivity index (χ1n) is 7.60. The van der Waals surface area contributed by atoms with Crippen LogP contribution in [0.25, 0.3) is 5.69 Å². The van der Waals surface area contributed by atoms with Crippen LogP contribution in [0.2, 0.25) is 0 Å². The second-order valence-electron chi connectivity index (χ2n) is 5.66. The minimum Gasteiger partial charge on any atom is -0.383 e. The molecule has 2 aromatic rings. The monoisotopic (exact) mass is 289 g/mol. The third-order valence-electron chi connectivity index (χ3n) is 3.94. The van der Waals surface area contributed by atoms with E-state index >= 15 is 0 Å². The third kappa shape index (κ3) is 3.26. The Bertz CT molecular complexity index is 583. The minimum absolute atomic E-state index is 0.550. The number of methoxy groups -OCH3 is 1. The zero-order chi connectivity index (χ0) is 14.7. The summed E-state index contributed by atoms with van der Waals surface area (Å²) in [7, 11) is 1.70. The van der Waals surface area contributed by atoms with Gasteiger partial charge in [-0.1, -0.05) is 12.8 Å². The Kier molecular flexibility index (Phi) is 4.24. The molecule has 0 aromatic carbocycles. The number of nitrogens with zero attached hydrogens (tertiary/aromatic N) is 4. The molecule has 0 bridgehead atoms. The Morgan fingerprint density at radius 1 is 1.33 bits per heavy atom. The number of aryl methyl sites for hydroxylation is 1. The Morgan fingerprint density at radius 3 is 2.90 bits per heavy atom. The lowest BCUT2D eigenvalue weighted by Crippen LogP contribution is -2.17. The SMILES string of the molecule is COCCn1cc(-n2cc(C)nc2NC2CCCC2)cn1. The molecule has 2 aromatic heterocycles. The van der Waals surface area contributed by atoms with Gasteiger partial charge in [0, 0.05) is 25.5 Å². The number of nitrogens with one attached hydrogen (secondary N) is 1. The van der Waals surface area contributed by atoms with Gasteiger partial charge >= 0.3 is 0 Å². The van der Waals surface area contributed by atoms with Crippen molar-refractivity contribution >= 4 is 5.95 Å². The van der Waals surface area contributed by atoms with Crippen molar-refractivity contribution in [3.8, 4) is 5.69 Å². The van der Waals surface area contributed by atoms with E-state index in [1.165, 1.54) is 25.7 Å². The first-order chi connectivity index (χ1) is 10.3. The van der Waals surface area contributed by atoms with Crippen molar-refractivity contribution in [1.82, 2.24) is 19.3 Å². The molecule has 1 aliphatic carbocycles.